The number of rotatable bonds is 5. The van der Waals surface area contributed by atoms with Crippen LogP contribution in [0.1, 0.15) is 41.0 Å². The van der Waals surface area contributed by atoms with Crippen LogP contribution in [-0.4, -0.2) is 10.5 Å². The van der Waals surface area contributed by atoms with Crippen LogP contribution in [0, 0.1) is 5.41 Å². The van der Waals surface area contributed by atoms with Crippen molar-refractivity contribution in [2.75, 3.05) is 4.93 Å². The molecule has 94 valence electrons. The molecule has 0 aromatic carbocycles. The van der Waals surface area contributed by atoms with Gasteiger partial charge in [-0.3, -0.25) is 0 Å². The standard InChI is InChI=1S/C9H22INO2PS/c1-8(2,3)7-9(4,5)11-14(12,15)13-10-6/h7H2,1-6H3,(H2,11,12,15)/q-1/p-1. The monoisotopic (exact) mass is 365 g/mol. The molecule has 0 aliphatic rings. The molecule has 1 atom stereocenters. The van der Waals surface area contributed by atoms with E-state index in [9.17, 15) is 4.89 Å². The van der Waals surface area contributed by atoms with Crippen molar-refractivity contribution in [1.29, 1.82) is 0 Å². The fraction of sp³-hybridized carbons (Fsp3) is 1.00. The summed E-state index contributed by atoms with van der Waals surface area (Å²) in [5.74, 6) is 0. The molecular weight excluding hydrogens is 344 g/mol. The van der Waals surface area contributed by atoms with Gasteiger partial charge in [0.15, 0.2) is 0 Å². The average Bonchev–Trinajstić information content (AvgIpc) is 1.74. The molecule has 0 aromatic rings. The Morgan fingerprint density at radius 2 is 1.80 bits per heavy atom. The zero-order chi connectivity index (χ0) is 12.3. The van der Waals surface area contributed by atoms with Gasteiger partial charge in [-0.25, -0.2) is 0 Å². The first-order valence-corrected chi connectivity index (χ1v) is 10.4. The van der Waals surface area contributed by atoms with Crippen molar-refractivity contribution < 1.29 is 29.4 Å². The second-order valence-corrected chi connectivity index (χ2v) is 10.3. The van der Waals surface area contributed by atoms with Crippen molar-refractivity contribution in [3.63, 3.8) is 0 Å². The van der Waals surface area contributed by atoms with Gasteiger partial charge in [-0.2, -0.15) is 0 Å². The van der Waals surface area contributed by atoms with Gasteiger partial charge in [-0.15, -0.1) is 0 Å². The summed E-state index contributed by atoms with van der Waals surface area (Å²) in [5, 5.41) is 2.97. The van der Waals surface area contributed by atoms with Crippen molar-refractivity contribution in [3.05, 3.63) is 0 Å². The third kappa shape index (κ3) is 9.01. The van der Waals surface area contributed by atoms with Gasteiger partial charge >= 0.3 is 110 Å². The minimum atomic E-state index is -3.02. The Morgan fingerprint density at radius 3 is 2.13 bits per heavy atom. The minimum absolute atomic E-state index is 0.174. The van der Waals surface area contributed by atoms with Gasteiger partial charge in [0.1, 0.15) is 0 Å². The molecule has 15 heavy (non-hydrogen) atoms. The van der Waals surface area contributed by atoms with E-state index < -0.39 is 28.3 Å². The first kappa shape index (κ1) is 16.3. The Kier molecular flexibility index (Phi) is 6.22. The Balaban J connectivity index is 4.43. The molecule has 0 saturated carbocycles. The van der Waals surface area contributed by atoms with E-state index in [1.807, 2.05) is 18.8 Å². The maximum absolute atomic E-state index is 11.8. The molecule has 0 bridgehead atoms. The fourth-order valence-corrected chi connectivity index (χ4v) is 6.61. The molecule has 3 nitrogen and oxygen atoms in total. The summed E-state index contributed by atoms with van der Waals surface area (Å²) in [4.78, 5) is 13.7. The number of hydrogen-bond donors (Lipinski definition) is 1. The van der Waals surface area contributed by atoms with Gasteiger partial charge in [0.25, 0.3) is 0 Å². The molecule has 0 saturated heterocycles. The topological polar surface area (TPSA) is 44.3 Å². The molecule has 0 radical (unpaired) electrons. The molecule has 0 rings (SSSR count). The third-order valence-corrected chi connectivity index (χ3v) is 6.92. The van der Waals surface area contributed by atoms with E-state index in [1.165, 1.54) is 0 Å². The van der Waals surface area contributed by atoms with Crippen molar-refractivity contribution in [2.24, 2.45) is 5.41 Å². The Hall–Kier alpha value is 1.26. The number of halogens is 1. The molecule has 0 aliphatic carbocycles. The van der Waals surface area contributed by atoms with Crippen molar-refractivity contribution in [3.8, 4) is 0 Å². The molecule has 0 aromatic heterocycles. The summed E-state index contributed by atoms with van der Waals surface area (Å²) >= 11 is 4.43. The molecule has 0 aliphatic heterocycles. The molecule has 0 heterocycles. The third-order valence-electron chi connectivity index (χ3n) is 1.57. The quantitative estimate of drug-likeness (QED) is 0.387. The number of alkyl halides is 1. The van der Waals surface area contributed by atoms with E-state index in [-0.39, 0.29) is 11.0 Å². The van der Waals surface area contributed by atoms with Gasteiger partial charge in [0.2, 0.25) is 0 Å². The molecule has 6 heteroatoms. The van der Waals surface area contributed by atoms with Crippen LogP contribution in [0.15, 0.2) is 0 Å². The zero-order valence-electron chi connectivity index (χ0n) is 10.3. The van der Waals surface area contributed by atoms with Crippen LogP contribution in [0.25, 0.3) is 0 Å². The Labute approximate surface area is 109 Å². The van der Waals surface area contributed by atoms with E-state index in [1.54, 1.807) is 0 Å². The summed E-state index contributed by atoms with van der Waals surface area (Å²) in [7, 11) is 0. The van der Waals surface area contributed by atoms with Crippen LogP contribution < -0.4 is 31.6 Å². The normalized spacial score (nSPS) is 17.8. The van der Waals surface area contributed by atoms with Crippen LogP contribution in [0.5, 0.6) is 0 Å². The molecular formula is C9H21INO2PS-2. The predicted molar refractivity (Wildman–Crippen MR) is 62.6 cm³/mol. The van der Waals surface area contributed by atoms with E-state index in [2.05, 4.69) is 25.9 Å². The fourth-order valence-electron chi connectivity index (χ4n) is 1.84. The molecule has 0 amide bonds. The van der Waals surface area contributed by atoms with E-state index in [0.29, 0.717) is 0 Å². The van der Waals surface area contributed by atoms with Crippen LogP contribution >= 0.6 is 6.64 Å². The zero-order valence-corrected chi connectivity index (χ0v) is 14.1. The predicted octanol–water partition coefficient (Wildman–Crippen LogP) is -0.974. The van der Waals surface area contributed by atoms with Crippen LogP contribution in [0.2, 0.25) is 0 Å². The second kappa shape index (κ2) is 5.74. The second-order valence-electron chi connectivity index (χ2n) is 5.45. The van der Waals surface area contributed by atoms with E-state index in [4.69, 9.17) is 14.7 Å². The molecule has 0 fully saturated rings. The van der Waals surface area contributed by atoms with Crippen molar-refractivity contribution in [1.82, 2.24) is 5.09 Å². The number of hydrogen-bond acceptors (Lipinski definition) is 3. The van der Waals surface area contributed by atoms with Crippen LogP contribution in [-0.2, 0) is 14.7 Å². The Morgan fingerprint density at radius 1 is 1.33 bits per heavy atom. The first-order valence-electron chi connectivity index (χ1n) is 4.76. The molecule has 1 N–H and O–H groups in total. The first-order chi connectivity index (χ1) is 6.47. The summed E-state index contributed by atoms with van der Waals surface area (Å²) < 4.78 is 5.15. The van der Waals surface area contributed by atoms with Gasteiger partial charge < -0.3 is 0 Å². The average molecular weight is 365 g/mol. The summed E-state index contributed by atoms with van der Waals surface area (Å²) in [6.07, 6.45) is 0.895. The van der Waals surface area contributed by atoms with Gasteiger partial charge in [0.05, 0.1) is 0 Å². The maximum atomic E-state index is 11.8. The van der Waals surface area contributed by atoms with Crippen molar-refractivity contribution >= 4 is 18.4 Å². The van der Waals surface area contributed by atoms with Crippen molar-refractivity contribution in [2.45, 2.75) is 46.6 Å². The summed E-state index contributed by atoms with van der Waals surface area (Å²) in [5.41, 5.74) is -0.0818. The number of nitrogens with one attached hydrogen (secondary N) is 1. The Bertz CT molecular complexity index is 253. The van der Waals surface area contributed by atoms with Gasteiger partial charge in [0, 0.05) is 0 Å². The summed E-state index contributed by atoms with van der Waals surface area (Å²) in [6.45, 7) is 7.45. The molecule has 1 unspecified atom stereocenters. The van der Waals surface area contributed by atoms with Crippen LogP contribution in [0.3, 0.4) is 0 Å². The van der Waals surface area contributed by atoms with Gasteiger partial charge in [-0.1, -0.05) is 0 Å². The molecule has 0 spiro atoms. The summed E-state index contributed by atoms with van der Waals surface area (Å²) in [6, 6.07) is 0. The van der Waals surface area contributed by atoms with E-state index >= 15 is 0 Å². The van der Waals surface area contributed by atoms with Gasteiger partial charge in [-0.05, 0) is 0 Å². The van der Waals surface area contributed by atoms with E-state index in [0.717, 1.165) is 6.42 Å². The van der Waals surface area contributed by atoms with Crippen LogP contribution in [0.4, 0.5) is 0 Å². The SMILES string of the molecule is C[I-]OP([O-])(=S)NC(C)(C)CC(C)(C)C.